The van der Waals surface area contributed by atoms with E-state index in [-0.39, 0.29) is 17.2 Å². The number of nitro groups is 1. The minimum Gasteiger partial charge on any atom is -0.401 e. The summed E-state index contributed by atoms with van der Waals surface area (Å²) in [5.41, 5.74) is 4.67. The highest BCUT2D eigenvalue weighted by Crippen LogP contribution is 2.16. The van der Waals surface area contributed by atoms with Gasteiger partial charge >= 0.3 is 5.88 Å². The summed E-state index contributed by atoms with van der Waals surface area (Å²) < 4.78 is 4.81. The zero-order valence-corrected chi connectivity index (χ0v) is 8.49. The van der Waals surface area contributed by atoms with Crippen molar-refractivity contribution in [1.82, 2.24) is 0 Å². The first kappa shape index (κ1) is 12.2. The predicted octanol–water partition coefficient (Wildman–Crippen LogP) is 1.14. The fraction of sp³-hybridized carbons (Fsp3) is 0. The molecule has 1 amide bonds. The van der Waals surface area contributed by atoms with Crippen molar-refractivity contribution in [3.63, 3.8) is 0 Å². The van der Waals surface area contributed by atoms with Gasteiger partial charge in [0.25, 0.3) is 5.91 Å². The van der Waals surface area contributed by atoms with E-state index in [9.17, 15) is 14.9 Å². The number of furan rings is 1. The highest BCUT2D eigenvalue weighted by atomic mass is 16.6. The Morgan fingerprint density at radius 2 is 2.29 bits per heavy atom. The van der Waals surface area contributed by atoms with Gasteiger partial charge in [-0.3, -0.25) is 14.9 Å². The van der Waals surface area contributed by atoms with Gasteiger partial charge in [-0.2, -0.15) is 5.26 Å². The molecule has 0 fully saturated rings. The third kappa shape index (κ3) is 3.32. The number of allylic oxidation sites excluding steroid dienone is 2. The number of rotatable bonds is 4. The summed E-state index contributed by atoms with van der Waals surface area (Å²) in [6.45, 7) is 0. The fourth-order valence-electron chi connectivity index (χ4n) is 0.944. The van der Waals surface area contributed by atoms with Crippen molar-refractivity contribution in [3.05, 3.63) is 45.7 Å². The van der Waals surface area contributed by atoms with Gasteiger partial charge in [0.2, 0.25) is 0 Å². The van der Waals surface area contributed by atoms with Crippen LogP contribution in [0, 0.1) is 21.4 Å². The van der Waals surface area contributed by atoms with Gasteiger partial charge in [0.05, 0.1) is 6.07 Å². The molecule has 0 aliphatic rings. The molecule has 17 heavy (non-hydrogen) atoms. The average molecular weight is 233 g/mol. The van der Waals surface area contributed by atoms with E-state index in [0.717, 1.165) is 0 Å². The van der Waals surface area contributed by atoms with Crippen molar-refractivity contribution in [3.8, 4) is 6.07 Å². The molecule has 0 aliphatic heterocycles. The van der Waals surface area contributed by atoms with Gasteiger partial charge in [0, 0.05) is 0 Å². The van der Waals surface area contributed by atoms with E-state index in [1.807, 2.05) is 0 Å². The average Bonchev–Trinajstić information content (AvgIpc) is 2.72. The lowest BCUT2D eigenvalue weighted by Crippen LogP contribution is -2.12. The van der Waals surface area contributed by atoms with Crippen LogP contribution in [0.4, 0.5) is 5.88 Å². The quantitative estimate of drug-likeness (QED) is 0.274. The van der Waals surface area contributed by atoms with E-state index in [0.29, 0.717) is 0 Å². The van der Waals surface area contributed by atoms with Crippen LogP contribution in [0.15, 0.2) is 34.3 Å². The molecular formula is C10H7N3O4. The number of nitrogens with two attached hydrogens (primary N) is 1. The van der Waals surface area contributed by atoms with Crippen LogP contribution in [-0.4, -0.2) is 10.8 Å². The molecule has 1 rings (SSSR count). The van der Waals surface area contributed by atoms with Gasteiger partial charge in [-0.05, 0) is 18.2 Å². The minimum atomic E-state index is -0.845. The molecule has 1 aromatic heterocycles. The van der Waals surface area contributed by atoms with Crippen LogP contribution in [-0.2, 0) is 4.79 Å². The molecule has 7 heteroatoms. The molecule has 0 saturated heterocycles. The van der Waals surface area contributed by atoms with Crippen LogP contribution in [0.3, 0.4) is 0 Å². The molecule has 2 N–H and O–H groups in total. The van der Waals surface area contributed by atoms with Crippen molar-refractivity contribution < 1.29 is 14.1 Å². The van der Waals surface area contributed by atoms with Gasteiger partial charge in [-0.1, -0.05) is 6.08 Å². The number of hydrogen-bond acceptors (Lipinski definition) is 5. The zero-order chi connectivity index (χ0) is 12.8. The first-order valence-corrected chi connectivity index (χ1v) is 4.37. The van der Waals surface area contributed by atoms with E-state index in [1.54, 1.807) is 6.07 Å². The molecule has 0 aliphatic carbocycles. The molecule has 0 saturated carbocycles. The number of hydrogen-bond donors (Lipinski definition) is 1. The van der Waals surface area contributed by atoms with Crippen LogP contribution in [0.25, 0.3) is 6.08 Å². The van der Waals surface area contributed by atoms with E-state index in [4.69, 9.17) is 15.4 Å². The number of nitrogens with zero attached hydrogens (tertiary/aromatic N) is 2. The van der Waals surface area contributed by atoms with Crippen LogP contribution in [0.1, 0.15) is 5.76 Å². The summed E-state index contributed by atoms with van der Waals surface area (Å²) in [7, 11) is 0. The molecule has 1 aromatic rings. The Kier molecular flexibility index (Phi) is 3.78. The minimum absolute atomic E-state index is 0.220. The van der Waals surface area contributed by atoms with E-state index < -0.39 is 10.8 Å². The maximum atomic E-state index is 10.7. The SMILES string of the molecule is N#CC(=CC=Cc1ccc([N+](=O)[O-])o1)C(N)=O. The molecule has 1 heterocycles. The number of nitriles is 1. The lowest BCUT2D eigenvalue weighted by atomic mass is 10.2. The predicted molar refractivity (Wildman–Crippen MR) is 57.3 cm³/mol. The lowest BCUT2D eigenvalue weighted by Gasteiger charge is -1.86. The molecule has 0 aromatic carbocycles. The summed E-state index contributed by atoms with van der Waals surface area (Å²) in [5, 5.41) is 18.8. The maximum Gasteiger partial charge on any atom is 0.433 e. The maximum absolute atomic E-state index is 10.7. The van der Waals surface area contributed by atoms with E-state index in [2.05, 4.69) is 0 Å². The Morgan fingerprint density at radius 1 is 1.59 bits per heavy atom. The summed E-state index contributed by atoms with van der Waals surface area (Å²) in [6, 6.07) is 4.19. The number of primary amides is 1. The van der Waals surface area contributed by atoms with Crippen molar-refractivity contribution in [2.75, 3.05) is 0 Å². The molecule has 0 atom stereocenters. The summed E-state index contributed by atoms with van der Waals surface area (Å²) in [6.07, 6.45) is 3.90. The second kappa shape index (κ2) is 5.27. The Morgan fingerprint density at radius 3 is 2.76 bits per heavy atom. The van der Waals surface area contributed by atoms with E-state index >= 15 is 0 Å². The molecule has 7 nitrogen and oxygen atoms in total. The van der Waals surface area contributed by atoms with Crippen molar-refractivity contribution >= 4 is 17.9 Å². The summed E-state index contributed by atoms with van der Waals surface area (Å²) in [4.78, 5) is 20.3. The third-order valence-corrected chi connectivity index (χ3v) is 1.70. The Balaban J connectivity index is 2.81. The lowest BCUT2D eigenvalue weighted by molar-refractivity contribution is -0.402. The molecular weight excluding hydrogens is 226 g/mol. The summed E-state index contributed by atoms with van der Waals surface area (Å²) in [5.74, 6) is -0.999. The fourth-order valence-corrected chi connectivity index (χ4v) is 0.944. The first-order chi connectivity index (χ1) is 8.04. The highest BCUT2D eigenvalue weighted by molar-refractivity contribution is 5.96. The van der Waals surface area contributed by atoms with Gasteiger partial charge in [0.15, 0.2) is 0 Å². The van der Waals surface area contributed by atoms with Crippen molar-refractivity contribution in [2.24, 2.45) is 5.73 Å². The molecule has 86 valence electrons. The van der Waals surface area contributed by atoms with Crippen LogP contribution >= 0.6 is 0 Å². The summed E-state index contributed by atoms with van der Waals surface area (Å²) >= 11 is 0. The molecule has 0 radical (unpaired) electrons. The largest absolute Gasteiger partial charge is 0.433 e. The second-order valence-corrected chi connectivity index (χ2v) is 2.85. The number of carbonyl (C=O) groups is 1. The Labute approximate surface area is 95.6 Å². The van der Waals surface area contributed by atoms with Crippen LogP contribution in [0.2, 0.25) is 0 Å². The van der Waals surface area contributed by atoms with Gasteiger partial charge in [-0.15, -0.1) is 0 Å². The van der Waals surface area contributed by atoms with Gasteiger partial charge in [0.1, 0.15) is 22.3 Å². The normalized spacial score (nSPS) is 11.4. The van der Waals surface area contributed by atoms with Crippen LogP contribution in [0.5, 0.6) is 0 Å². The van der Waals surface area contributed by atoms with Gasteiger partial charge in [-0.25, -0.2) is 0 Å². The molecule has 0 bridgehead atoms. The smallest absolute Gasteiger partial charge is 0.401 e. The van der Waals surface area contributed by atoms with Crippen LogP contribution < -0.4 is 5.73 Å². The zero-order valence-electron chi connectivity index (χ0n) is 8.49. The molecule has 0 spiro atoms. The topological polar surface area (TPSA) is 123 Å². The third-order valence-electron chi connectivity index (χ3n) is 1.70. The number of amides is 1. The van der Waals surface area contributed by atoms with Crippen molar-refractivity contribution in [2.45, 2.75) is 0 Å². The monoisotopic (exact) mass is 233 g/mol. The second-order valence-electron chi connectivity index (χ2n) is 2.85. The van der Waals surface area contributed by atoms with Gasteiger partial charge < -0.3 is 10.2 Å². The molecule has 0 unspecified atom stereocenters. The van der Waals surface area contributed by atoms with Crippen molar-refractivity contribution in [1.29, 1.82) is 5.26 Å². The number of carbonyl (C=O) groups excluding carboxylic acids is 1. The highest BCUT2D eigenvalue weighted by Gasteiger charge is 2.09. The standard InChI is InChI=1S/C10H7N3O4/c11-6-7(10(12)14)2-1-3-8-4-5-9(17-8)13(15)16/h1-5H,(H2,12,14). The Hall–Kier alpha value is -2.88. The first-order valence-electron chi connectivity index (χ1n) is 4.37. The Bertz CT molecular complexity index is 548. The van der Waals surface area contributed by atoms with E-state index in [1.165, 1.54) is 30.4 Å².